The van der Waals surface area contributed by atoms with Crippen molar-refractivity contribution in [2.45, 2.75) is 26.7 Å². The summed E-state index contributed by atoms with van der Waals surface area (Å²) < 4.78 is 5.37. The topological polar surface area (TPSA) is 53.0 Å². The second kappa shape index (κ2) is 10.9. The number of pyridine rings is 1. The van der Waals surface area contributed by atoms with Crippen LogP contribution in [0.1, 0.15) is 26.7 Å². The Kier molecular flexibility index (Phi) is 8.38. The lowest BCUT2D eigenvalue weighted by atomic mass is 10.3. The zero-order chi connectivity index (χ0) is 17.0. The molecule has 1 fully saturated rings. The van der Waals surface area contributed by atoms with Crippen molar-refractivity contribution in [3.63, 3.8) is 0 Å². The minimum Gasteiger partial charge on any atom is -0.382 e. The van der Waals surface area contributed by atoms with E-state index in [2.05, 4.69) is 33.1 Å². The van der Waals surface area contributed by atoms with Crippen molar-refractivity contribution in [3.8, 4) is 0 Å². The van der Waals surface area contributed by atoms with E-state index in [-0.39, 0.29) is 0 Å². The predicted molar refractivity (Wildman–Crippen MR) is 99.7 cm³/mol. The summed E-state index contributed by atoms with van der Waals surface area (Å²) in [5.74, 6) is 2.10. The van der Waals surface area contributed by atoms with Crippen molar-refractivity contribution < 1.29 is 4.74 Å². The Bertz CT molecular complexity index is 472. The van der Waals surface area contributed by atoms with Gasteiger partial charge in [0.25, 0.3) is 0 Å². The number of hydrogen-bond acceptors (Lipinski definition) is 4. The fourth-order valence-corrected chi connectivity index (χ4v) is 2.76. The molecule has 0 radical (unpaired) electrons. The molecule has 0 unspecified atom stereocenters. The molecule has 1 aliphatic rings. The predicted octanol–water partition coefficient (Wildman–Crippen LogP) is 1.99. The number of anilines is 1. The smallest absolute Gasteiger partial charge is 0.194 e. The van der Waals surface area contributed by atoms with Crippen molar-refractivity contribution in [2.24, 2.45) is 4.99 Å². The Balaban J connectivity index is 1.79. The molecule has 1 N–H and O–H groups in total. The maximum atomic E-state index is 5.37. The Morgan fingerprint density at radius 2 is 2.04 bits per heavy atom. The molecule has 0 atom stereocenters. The van der Waals surface area contributed by atoms with Gasteiger partial charge in [0, 0.05) is 58.7 Å². The standard InChI is InChI=1S/C18H31N5O/c1-3-19-18(21-11-7-8-16-24-4-2)23-14-12-22(13-15-23)17-9-5-6-10-20-17/h5-6,9-10H,3-4,7-8,11-16H2,1-2H3,(H,19,21). The molecule has 2 rings (SSSR count). The normalized spacial score (nSPS) is 15.7. The van der Waals surface area contributed by atoms with Gasteiger partial charge in [0.15, 0.2) is 5.96 Å². The van der Waals surface area contributed by atoms with Gasteiger partial charge in [0.1, 0.15) is 5.82 Å². The first-order chi connectivity index (χ1) is 11.8. The van der Waals surface area contributed by atoms with E-state index in [4.69, 9.17) is 9.73 Å². The zero-order valence-electron chi connectivity index (χ0n) is 15.1. The van der Waals surface area contributed by atoms with Gasteiger partial charge < -0.3 is 19.9 Å². The SMILES string of the molecule is CCNC(=NCCCCOCC)N1CCN(c2ccccn2)CC1. The molecule has 0 aromatic carbocycles. The molecule has 24 heavy (non-hydrogen) atoms. The number of guanidine groups is 1. The molecule has 0 spiro atoms. The molecule has 134 valence electrons. The first-order valence-electron chi connectivity index (χ1n) is 9.12. The van der Waals surface area contributed by atoms with Gasteiger partial charge in [0.05, 0.1) is 0 Å². The molecule has 6 nitrogen and oxygen atoms in total. The number of piperazine rings is 1. The first-order valence-corrected chi connectivity index (χ1v) is 9.12. The lowest BCUT2D eigenvalue weighted by Crippen LogP contribution is -2.52. The Labute approximate surface area is 145 Å². The average Bonchev–Trinajstić information content (AvgIpc) is 2.64. The number of unbranched alkanes of at least 4 members (excludes halogenated alkanes) is 1. The van der Waals surface area contributed by atoms with Crippen LogP contribution >= 0.6 is 0 Å². The highest BCUT2D eigenvalue weighted by Gasteiger charge is 2.20. The second-order valence-corrected chi connectivity index (χ2v) is 5.80. The fraction of sp³-hybridized carbons (Fsp3) is 0.667. The largest absolute Gasteiger partial charge is 0.382 e. The van der Waals surface area contributed by atoms with Crippen molar-refractivity contribution in [1.82, 2.24) is 15.2 Å². The number of ether oxygens (including phenoxy) is 1. The first kappa shape index (κ1) is 18.5. The van der Waals surface area contributed by atoms with Crippen molar-refractivity contribution in [1.29, 1.82) is 0 Å². The molecule has 0 aliphatic carbocycles. The summed E-state index contributed by atoms with van der Waals surface area (Å²) in [5.41, 5.74) is 0. The Hall–Kier alpha value is -1.82. The van der Waals surface area contributed by atoms with Gasteiger partial charge in [-0.15, -0.1) is 0 Å². The van der Waals surface area contributed by atoms with E-state index in [1.54, 1.807) is 0 Å². The highest BCUT2D eigenvalue weighted by atomic mass is 16.5. The Morgan fingerprint density at radius 1 is 1.21 bits per heavy atom. The van der Waals surface area contributed by atoms with E-state index >= 15 is 0 Å². The molecule has 2 heterocycles. The maximum Gasteiger partial charge on any atom is 0.194 e. The lowest BCUT2D eigenvalue weighted by molar-refractivity contribution is 0.144. The van der Waals surface area contributed by atoms with Gasteiger partial charge >= 0.3 is 0 Å². The monoisotopic (exact) mass is 333 g/mol. The van der Waals surface area contributed by atoms with E-state index in [1.165, 1.54) is 0 Å². The highest BCUT2D eigenvalue weighted by molar-refractivity contribution is 5.80. The molecule has 0 amide bonds. The number of nitrogens with one attached hydrogen (secondary N) is 1. The number of nitrogens with zero attached hydrogens (tertiary/aromatic N) is 4. The van der Waals surface area contributed by atoms with Gasteiger partial charge in [-0.25, -0.2) is 4.98 Å². The zero-order valence-corrected chi connectivity index (χ0v) is 15.1. The fourth-order valence-electron chi connectivity index (χ4n) is 2.76. The number of aromatic nitrogens is 1. The minimum atomic E-state index is 0.798. The molecular weight excluding hydrogens is 302 g/mol. The molecule has 1 saturated heterocycles. The highest BCUT2D eigenvalue weighted by Crippen LogP contribution is 2.12. The van der Waals surface area contributed by atoms with Gasteiger partial charge in [-0.1, -0.05) is 6.07 Å². The quantitative estimate of drug-likeness (QED) is 0.448. The Morgan fingerprint density at radius 3 is 2.71 bits per heavy atom. The summed E-state index contributed by atoms with van der Waals surface area (Å²) in [6, 6.07) is 6.08. The van der Waals surface area contributed by atoms with E-state index < -0.39 is 0 Å². The minimum absolute atomic E-state index is 0.798. The van der Waals surface area contributed by atoms with Crippen LogP contribution in [0.15, 0.2) is 29.4 Å². The number of aliphatic imine (C=N–C) groups is 1. The molecule has 1 aromatic heterocycles. The van der Waals surface area contributed by atoms with E-state index in [0.717, 1.165) is 77.1 Å². The van der Waals surface area contributed by atoms with Crippen LogP contribution in [0.4, 0.5) is 5.82 Å². The van der Waals surface area contributed by atoms with Crippen LogP contribution in [0, 0.1) is 0 Å². The number of rotatable bonds is 8. The molecule has 6 heteroatoms. The third kappa shape index (κ3) is 6.00. The summed E-state index contributed by atoms with van der Waals surface area (Å²) >= 11 is 0. The van der Waals surface area contributed by atoms with Crippen LogP contribution in [0.3, 0.4) is 0 Å². The van der Waals surface area contributed by atoms with Crippen molar-refractivity contribution >= 4 is 11.8 Å². The average molecular weight is 333 g/mol. The molecule has 0 bridgehead atoms. The third-order valence-corrected chi connectivity index (χ3v) is 4.05. The number of hydrogen-bond donors (Lipinski definition) is 1. The molecule has 0 saturated carbocycles. The third-order valence-electron chi connectivity index (χ3n) is 4.05. The summed E-state index contributed by atoms with van der Waals surface area (Å²) in [5, 5.41) is 3.42. The molecular formula is C18H31N5O. The van der Waals surface area contributed by atoms with Gasteiger partial charge in [-0.2, -0.15) is 0 Å². The van der Waals surface area contributed by atoms with E-state index in [1.807, 2.05) is 25.3 Å². The van der Waals surface area contributed by atoms with E-state index in [0.29, 0.717) is 0 Å². The second-order valence-electron chi connectivity index (χ2n) is 5.80. The van der Waals surface area contributed by atoms with Crippen LogP contribution in [-0.2, 0) is 4.74 Å². The van der Waals surface area contributed by atoms with Crippen LogP contribution in [-0.4, -0.2) is 68.3 Å². The van der Waals surface area contributed by atoms with Crippen molar-refractivity contribution in [3.05, 3.63) is 24.4 Å². The van der Waals surface area contributed by atoms with Crippen LogP contribution in [0.5, 0.6) is 0 Å². The van der Waals surface area contributed by atoms with Crippen LogP contribution in [0.25, 0.3) is 0 Å². The van der Waals surface area contributed by atoms with Crippen molar-refractivity contribution in [2.75, 3.05) is 57.4 Å². The summed E-state index contributed by atoms with van der Waals surface area (Å²) in [6.07, 6.45) is 4.00. The lowest BCUT2D eigenvalue weighted by Gasteiger charge is -2.37. The molecule has 1 aromatic rings. The summed E-state index contributed by atoms with van der Waals surface area (Å²) in [6.45, 7) is 11.5. The van der Waals surface area contributed by atoms with Crippen LogP contribution in [0.2, 0.25) is 0 Å². The van der Waals surface area contributed by atoms with E-state index in [9.17, 15) is 0 Å². The van der Waals surface area contributed by atoms with Crippen LogP contribution < -0.4 is 10.2 Å². The van der Waals surface area contributed by atoms with Gasteiger partial charge in [-0.05, 0) is 38.8 Å². The maximum absolute atomic E-state index is 5.37. The summed E-state index contributed by atoms with van der Waals surface area (Å²) in [7, 11) is 0. The summed E-state index contributed by atoms with van der Waals surface area (Å²) in [4.78, 5) is 13.9. The van der Waals surface area contributed by atoms with Gasteiger partial charge in [-0.3, -0.25) is 4.99 Å². The van der Waals surface area contributed by atoms with Gasteiger partial charge in [0.2, 0.25) is 0 Å². The molecule has 1 aliphatic heterocycles.